The number of nitrogens with zero attached hydrogens (tertiary/aromatic N) is 2. The number of ether oxygens (including phenoxy) is 1. The fraction of sp³-hybridized carbons (Fsp3) is 0.588. The van der Waals surface area contributed by atoms with Gasteiger partial charge in [-0.15, -0.1) is 0 Å². The van der Waals surface area contributed by atoms with Gasteiger partial charge in [-0.1, -0.05) is 6.07 Å². The Bertz CT molecular complexity index is 581. The summed E-state index contributed by atoms with van der Waals surface area (Å²) in [5, 5.41) is 3.25. The predicted octanol–water partition coefficient (Wildman–Crippen LogP) is 1.34. The number of amides is 1. The third-order valence-corrected chi connectivity index (χ3v) is 5.30. The largest absolute Gasteiger partial charge is 0.489 e. The lowest BCUT2D eigenvalue weighted by Gasteiger charge is -2.45. The van der Waals surface area contributed by atoms with E-state index in [9.17, 15) is 4.79 Å². The molecule has 1 aromatic carbocycles. The summed E-state index contributed by atoms with van der Waals surface area (Å²) < 4.78 is 5.78. The maximum Gasteiger partial charge on any atom is 0.255 e. The number of rotatable bonds is 2. The summed E-state index contributed by atoms with van der Waals surface area (Å²) in [6.45, 7) is 4.86. The number of nitrogens with one attached hydrogen (secondary N) is 1. The zero-order chi connectivity index (χ0) is 15.1. The topological polar surface area (TPSA) is 44.8 Å². The van der Waals surface area contributed by atoms with Crippen LogP contribution in [-0.2, 0) is 0 Å². The summed E-state index contributed by atoms with van der Waals surface area (Å²) in [6, 6.07) is 6.11. The molecule has 0 aliphatic carbocycles. The molecule has 3 fully saturated rings. The molecule has 0 saturated carbocycles. The molecule has 0 aromatic heterocycles. The van der Waals surface area contributed by atoms with Gasteiger partial charge in [0.05, 0.1) is 17.8 Å². The van der Waals surface area contributed by atoms with Crippen molar-refractivity contribution in [1.29, 1.82) is 0 Å². The maximum absolute atomic E-state index is 12.7. The Morgan fingerprint density at radius 1 is 1.27 bits per heavy atom. The fourth-order valence-corrected chi connectivity index (χ4v) is 3.94. The molecule has 22 heavy (non-hydrogen) atoms. The highest BCUT2D eigenvalue weighted by atomic mass is 16.5. The van der Waals surface area contributed by atoms with Gasteiger partial charge in [-0.3, -0.25) is 4.79 Å². The van der Waals surface area contributed by atoms with Crippen LogP contribution in [0.4, 0.5) is 5.69 Å². The SMILES string of the molecule is CN1CCOc2c(C(=O)NC3CN4CCC3CC4)cccc21. The van der Waals surface area contributed by atoms with Crippen molar-refractivity contribution in [3.05, 3.63) is 23.8 Å². The van der Waals surface area contributed by atoms with E-state index < -0.39 is 0 Å². The monoisotopic (exact) mass is 301 g/mol. The molecule has 118 valence electrons. The van der Waals surface area contributed by atoms with E-state index in [-0.39, 0.29) is 11.9 Å². The van der Waals surface area contributed by atoms with Crippen molar-refractivity contribution in [1.82, 2.24) is 10.2 Å². The molecular formula is C17H23N3O2. The molecule has 5 rings (SSSR count). The Labute approximate surface area is 131 Å². The Hall–Kier alpha value is -1.75. The van der Waals surface area contributed by atoms with Crippen molar-refractivity contribution < 1.29 is 9.53 Å². The van der Waals surface area contributed by atoms with Gasteiger partial charge < -0.3 is 19.9 Å². The number of benzene rings is 1. The summed E-state index contributed by atoms with van der Waals surface area (Å²) in [4.78, 5) is 17.3. The van der Waals surface area contributed by atoms with Crippen LogP contribution in [-0.4, -0.2) is 56.7 Å². The lowest BCUT2D eigenvalue weighted by Crippen LogP contribution is -2.57. The molecule has 1 amide bonds. The van der Waals surface area contributed by atoms with Crippen LogP contribution >= 0.6 is 0 Å². The lowest BCUT2D eigenvalue weighted by molar-refractivity contribution is 0.0618. The maximum atomic E-state index is 12.7. The minimum atomic E-state index is 0.00546. The van der Waals surface area contributed by atoms with E-state index in [1.807, 2.05) is 25.2 Å². The predicted molar refractivity (Wildman–Crippen MR) is 85.6 cm³/mol. The van der Waals surface area contributed by atoms with Gasteiger partial charge in [0.25, 0.3) is 5.91 Å². The zero-order valence-corrected chi connectivity index (χ0v) is 13.0. The summed E-state index contributed by atoms with van der Waals surface area (Å²) in [5.74, 6) is 1.37. The van der Waals surface area contributed by atoms with E-state index in [1.54, 1.807) is 0 Å². The van der Waals surface area contributed by atoms with E-state index >= 15 is 0 Å². The van der Waals surface area contributed by atoms with E-state index in [0.29, 0.717) is 18.1 Å². The van der Waals surface area contributed by atoms with Gasteiger partial charge in [-0.05, 0) is 44.0 Å². The number of carbonyl (C=O) groups excluding carboxylic acids is 1. The minimum absolute atomic E-state index is 0.00546. The standard InChI is InChI=1S/C17H23N3O2/c1-19-9-10-22-16-13(3-2-4-15(16)19)17(21)18-14-11-20-7-5-12(14)6-8-20/h2-4,12,14H,5-11H2,1H3,(H,18,21). The van der Waals surface area contributed by atoms with E-state index in [1.165, 1.54) is 25.9 Å². The Balaban J connectivity index is 1.55. The number of fused-ring (bicyclic) bond motifs is 4. The molecule has 1 aromatic rings. The van der Waals surface area contributed by atoms with Gasteiger partial charge in [-0.25, -0.2) is 0 Å². The zero-order valence-electron chi connectivity index (χ0n) is 13.0. The van der Waals surface area contributed by atoms with Crippen LogP contribution in [0.2, 0.25) is 0 Å². The van der Waals surface area contributed by atoms with Crippen LogP contribution in [0.3, 0.4) is 0 Å². The number of para-hydroxylation sites is 1. The average Bonchev–Trinajstić information content (AvgIpc) is 2.56. The molecule has 2 bridgehead atoms. The first kappa shape index (κ1) is 13.9. The second-order valence-corrected chi connectivity index (χ2v) is 6.64. The quantitative estimate of drug-likeness (QED) is 0.895. The molecule has 5 nitrogen and oxygen atoms in total. The molecule has 0 radical (unpaired) electrons. The van der Waals surface area contributed by atoms with Crippen LogP contribution in [0, 0.1) is 5.92 Å². The normalized spacial score (nSPS) is 29.7. The van der Waals surface area contributed by atoms with Crippen LogP contribution in [0.5, 0.6) is 5.75 Å². The molecule has 3 saturated heterocycles. The highest BCUT2D eigenvalue weighted by molar-refractivity contribution is 5.99. The number of hydrogen-bond acceptors (Lipinski definition) is 4. The highest BCUT2D eigenvalue weighted by Crippen LogP contribution is 2.34. The van der Waals surface area contributed by atoms with Crippen molar-refractivity contribution >= 4 is 11.6 Å². The van der Waals surface area contributed by atoms with Gasteiger partial charge in [0.1, 0.15) is 6.61 Å². The Kier molecular flexibility index (Phi) is 3.45. The molecule has 1 N–H and O–H groups in total. The third-order valence-electron chi connectivity index (χ3n) is 5.30. The summed E-state index contributed by atoms with van der Waals surface area (Å²) in [5.41, 5.74) is 1.67. The van der Waals surface area contributed by atoms with Gasteiger partial charge in [0, 0.05) is 19.6 Å². The van der Waals surface area contributed by atoms with E-state index in [4.69, 9.17) is 4.74 Å². The first-order chi connectivity index (χ1) is 10.7. The van der Waals surface area contributed by atoms with Crippen molar-refractivity contribution in [2.45, 2.75) is 18.9 Å². The summed E-state index contributed by atoms with van der Waals surface area (Å²) in [6.07, 6.45) is 2.41. The molecule has 4 aliphatic heterocycles. The van der Waals surface area contributed by atoms with Crippen molar-refractivity contribution in [2.75, 3.05) is 44.7 Å². The average molecular weight is 301 g/mol. The number of likely N-dealkylation sites (N-methyl/N-ethyl adjacent to an activating group) is 1. The van der Waals surface area contributed by atoms with Crippen LogP contribution in [0.25, 0.3) is 0 Å². The Morgan fingerprint density at radius 3 is 2.82 bits per heavy atom. The summed E-state index contributed by atoms with van der Waals surface area (Å²) >= 11 is 0. The van der Waals surface area contributed by atoms with E-state index in [2.05, 4.69) is 15.1 Å². The smallest absolute Gasteiger partial charge is 0.255 e. The first-order valence-electron chi connectivity index (χ1n) is 8.22. The Morgan fingerprint density at radius 2 is 2.09 bits per heavy atom. The first-order valence-corrected chi connectivity index (χ1v) is 8.22. The fourth-order valence-electron chi connectivity index (χ4n) is 3.94. The number of carbonyl (C=O) groups is 1. The van der Waals surface area contributed by atoms with Crippen molar-refractivity contribution in [2.24, 2.45) is 5.92 Å². The van der Waals surface area contributed by atoms with Crippen molar-refractivity contribution in [3.63, 3.8) is 0 Å². The van der Waals surface area contributed by atoms with Gasteiger partial charge in [-0.2, -0.15) is 0 Å². The van der Waals surface area contributed by atoms with Crippen LogP contribution in [0.15, 0.2) is 18.2 Å². The molecule has 5 heteroatoms. The van der Waals surface area contributed by atoms with Gasteiger partial charge in [0.15, 0.2) is 5.75 Å². The minimum Gasteiger partial charge on any atom is -0.489 e. The molecule has 0 spiro atoms. The molecule has 1 atom stereocenters. The van der Waals surface area contributed by atoms with Gasteiger partial charge in [0.2, 0.25) is 0 Å². The lowest BCUT2D eigenvalue weighted by atomic mass is 9.84. The number of anilines is 1. The van der Waals surface area contributed by atoms with Gasteiger partial charge >= 0.3 is 0 Å². The van der Waals surface area contributed by atoms with Crippen LogP contribution in [0.1, 0.15) is 23.2 Å². The number of piperidine rings is 3. The van der Waals surface area contributed by atoms with Crippen molar-refractivity contribution in [3.8, 4) is 5.75 Å². The molecule has 1 unspecified atom stereocenters. The second kappa shape index (κ2) is 5.47. The molecular weight excluding hydrogens is 278 g/mol. The van der Waals surface area contributed by atoms with Crippen LogP contribution < -0.4 is 15.0 Å². The molecule has 4 heterocycles. The van der Waals surface area contributed by atoms with E-state index in [0.717, 1.165) is 24.5 Å². The third kappa shape index (κ3) is 2.33. The summed E-state index contributed by atoms with van der Waals surface area (Å²) in [7, 11) is 2.04. The second-order valence-electron chi connectivity index (χ2n) is 6.64. The highest BCUT2D eigenvalue weighted by Gasteiger charge is 2.35. The molecule has 4 aliphatic rings. The number of hydrogen-bond donors (Lipinski definition) is 1.